The van der Waals surface area contributed by atoms with E-state index in [-0.39, 0.29) is 18.1 Å². The number of nitrogens with one attached hydrogen (secondary N) is 1. The highest BCUT2D eigenvalue weighted by molar-refractivity contribution is 6.10. The van der Waals surface area contributed by atoms with Crippen LogP contribution in [-0.2, 0) is 4.79 Å². The molecule has 7 nitrogen and oxygen atoms in total. The summed E-state index contributed by atoms with van der Waals surface area (Å²) in [5, 5.41) is 3.08. The van der Waals surface area contributed by atoms with Gasteiger partial charge < -0.3 is 26.3 Å². The lowest BCUT2D eigenvalue weighted by atomic mass is 10.00. The summed E-state index contributed by atoms with van der Waals surface area (Å²) >= 11 is 0. The number of amidine groups is 1. The van der Waals surface area contributed by atoms with Crippen molar-refractivity contribution in [3.05, 3.63) is 70.7 Å². The lowest BCUT2D eigenvalue weighted by molar-refractivity contribution is -0.116. The van der Waals surface area contributed by atoms with E-state index in [4.69, 9.17) is 20.9 Å². The van der Waals surface area contributed by atoms with E-state index in [1.54, 1.807) is 27.3 Å². The van der Waals surface area contributed by atoms with Gasteiger partial charge in [-0.2, -0.15) is 4.99 Å². The van der Waals surface area contributed by atoms with Crippen LogP contribution in [0.4, 0.5) is 10.1 Å². The van der Waals surface area contributed by atoms with Gasteiger partial charge in [0.15, 0.2) is 0 Å². The number of nitrogens with two attached hydrogens (primary N) is 2. The predicted octanol–water partition coefficient (Wildman–Crippen LogP) is 3.96. The predicted molar refractivity (Wildman–Crippen MR) is 131 cm³/mol. The third-order valence-electron chi connectivity index (χ3n) is 5.39. The van der Waals surface area contributed by atoms with Gasteiger partial charge in [-0.3, -0.25) is 4.79 Å². The minimum atomic E-state index is -0.446. The average Bonchev–Trinajstić information content (AvgIpc) is 3.03. The van der Waals surface area contributed by atoms with E-state index in [2.05, 4.69) is 10.3 Å². The lowest BCUT2D eigenvalue weighted by Crippen LogP contribution is -2.12. The summed E-state index contributed by atoms with van der Waals surface area (Å²) in [6.07, 6.45) is 4.48. The maximum atomic E-state index is 14.1. The number of hydrogen-bond donors (Lipinski definition) is 3. The van der Waals surface area contributed by atoms with Gasteiger partial charge in [0.05, 0.1) is 20.6 Å². The molecular formula is C25H27FN4O3. The van der Waals surface area contributed by atoms with Crippen LogP contribution in [0.15, 0.2) is 53.2 Å². The third-order valence-corrected chi connectivity index (χ3v) is 5.39. The van der Waals surface area contributed by atoms with E-state index < -0.39 is 5.91 Å². The van der Waals surface area contributed by atoms with E-state index in [9.17, 15) is 9.18 Å². The molecule has 0 atom stereocenters. The molecule has 2 aromatic rings. The first-order valence-corrected chi connectivity index (χ1v) is 10.2. The molecule has 0 fully saturated rings. The molecule has 5 N–H and O–H groups in total. The molecule has 0 aliphatic heterocycles. The molecule has 0 saturated heterocycles. The van der Waals surface area contributed by atoms with E-state index >= 15 is 0 Å². The summed E-state index contributed by atoms with van der Waals surface area (Å²) < 4.78 is 25.1. The second kappa shape index (κ2) is 10.0. The van der Waals surface area contributed by atoms with Gasteiger partial charge in [-0.25, -0.2) is 4.39 Å². The summed E-state index contributed by atoms with van der Waals surface area (Å²) in [6.45, 7) is 1.90. The van der Waals surface area contributed by atoms with Crippen molar-refractivity contribution in [2.24, 2.45) is 16.5 Å². The Labute approximate surface area is 192 Å². The Kier molecular flexibility index (Phi) is 7.17. The van der Waals surface area contributed by atoms with Gasteiger partial charge in [-0.15, -0.1) is 0 Å². The first-order chi connectivity index (χ1) is 15.8. The normalized spacial score (nSPS) is 14.7. The van der Waals surface area contributed by atoms with Crippen LogP contribution in [0.25, 0.3) is 17.2 Å². The fourth-order valence-corrected chi connectivity index (χ4v) is 3.88. The van der Waals surface area contributed by atoms with Crippen molar-refractivity contribution in [1.29, 1.82) is 0 Å². The smallest absolute Gasteiger partial charge is 0.252 e. The van der Waals surface area contributed by atoms with Crippen LogP contribution in [0, 0.1) is 5.82 Å². The highest BCUT2D eigenvalue weighted by Crippen LogP contribution is 2.45. The maximum Gasteiger partial charge on any atom is 0.252 e. The fourth-order valence-electron chi connectivity index (χ4n) is 3.88. The number of benzene rings is 2. The van der Waals surface area contributed by atoms with Crippen LogP contribution < -0.4 is 26.3 Å². The number of fused-ring (bicyclic) bond motifs is 1. The van der Waals surface area contributed by atoms with Crippen LogP contribution in [0.5, 0.6) is 11.5 Å². The Balaban J connectivity index is 2.12. The number of allylic oxidation sites excluding steroid dienone is 2. The Hall–Kier alpha value is -4.07. The van der Waals surface area contributed by atoms with E-state index in [0.29, 0.717) is 22.6 Å². The number of amides is 1. The summed E-state index contributed by atoms with van der Waals surface area (Å²) in [4.78, 5) is 16.3. The van der Waals surface area contributed by atoms with Crippen LogP contribution >= 0.6 is 0 Å². The number of aliphatic imine (C=N–C) groups is 1. The van der Waals surface area contributed by atoms with Crippen LogP contribution in [0.1, 0.15) is 30.0 Å². The number of rotatable bonds is 7. The number of nitrogens with zero attached hydrogens (tertiary/aromatic N) is 1. The molecule has 0 bridgehead atoms. The molecule has 1 amide bonds. The minimum Gasteiger partial charge on any atom is -0.494 e. The van der Waals surface area contributed by atoms with Crippen molar-refractivity contribution in [2.75, 3.05) is 26.6 Å². The number of halogens is 1. The lowest BCUT2D eigenvalue weighted by Gasteiger charge is -2.14. The van der Waals surface area contributed by atoms with Crippen molar-refractivity contribution in [2.45, 2.75) is 13.3 Å². The van der Waals surface area contributed by atoms with E-state index in [0.717, 1.165) is 28.0 Å². The maximum absolute atomic E-state index is 14.1. The molecule has 2 aromatic carbocycles. The van der Waals surface area contributed by atoms with Gasteiger partial charge >= 0.3 is 0 Å². The average molecular weight is 451 g/mol. The van der Waals surface area contributed by atoms with E-state index in [1.165, 1.54) is 24.4 Å². The molecule has 1 aliphatic carbocycles. The number of anilines is 1. The van der Waals surface area contributed by atoms with Gasteiger partial charge in [0.1, 0.15) is 28.8 Å². The monoisotopic (exact) mass is 450 g/mol. The van der Waals surface area contributed by atoms with E-state index in [1.807, 2.05) is 25.1 Å². The Bertz CT molecular complexity index is 1190. The molecule has 0 saturated carbocycles. The summed E-state index contributed by atoms with van der Waals surface area (Å²) in [5.41, 5.74) is 16.4. The molecule has 8 heteroatoms. The third kappa shape index (κ3) is 4.90. The molecule has 0 aromatic heterocycles. The van der Waals surface area contributed by atoms with Crippen LogP contribution in [0.2, 0.25) is 0 Å². The Morgan fingerprint density at radius 3 is 2.39 bits per heavy atom. The summed E-state index contributed by atoms with van der Waals surface area (Å²) in [5.74, 6) is 0.422. The van der Waals surface area contributed by atoms with Gasteiger partial charge in [-0.05, 0) is 83.0 Å². The van der Waals surface area contributed by atoms with Gasteiger partial charge in [0.2, 0.25) is 0 Å². The van der Waals surface area contributed by atoms with Crippen molar-refractivity contribution in [3.63, 3.8) is 0 Å². The van der Waals surface area contributed by atoms with Gasteiger partial charge in [0.25, 0.3) is 5.91 Å². The summed E-state index contributed by atoms with van der Waals surface area (Å²) in [6, 6.07) is 8.30. The van der Waals surface area contributed by atoms with Gasteiger partial charge in [-0.1, -0.05) is 6.07 Å². The largest absolute Gasteiger partial charge is 0.494 e. The number of carbonyl (C=O) groups excluding carboxylic acids is 1. The molecular weight excluding hydrogens is 423 g/mol. The zero-order valence-corrected chi connectivity index (χ0v) is 19.0. The highest BCUT2D eigenvalue weighted by atomic mass is 19.1. The minimum absolute atomic E-state index is 0.0118. The zero-order chi connectivity index (χ0) is 24.1. The topological polar surface area (TPSA) is 112 Å². The SMILES string of the molecule is CNc1c(OC)cc(/C=C2/C(C)=C(CC(=O)N=C(N)/C=C\N)c3cc(F)ccc32)cc1OC. The van der Waals surface area contributed by atoms with Crippen molar-refractivity contribution >= 4 is 34.7 Å². The second-order valence-electron chi connectivity index (χ2n) is 7.37. The number of methoxy groups -OCH3 is 2. The number of carbonyl (C=O) groups is 1. The molecule has 1 aliphatic rings. The molecule has 0 radical (unpaired) electrons. The number of ether oxygens (including phenoxy) is 2. The molecule has 172 valence electrons. The molecule has 33 heavy (non-hydrogen) atoms. The van der Waals surface area contributed by atoms with Crippen molar-refractivity contribution < 1.29 is 18.7 Å². The van der Waals surface area contributed by atoms with Gasteiger partial charge in [0, 0.05) is 7.05 Å². The highest BCUT2D eigenvalue weighted by Gasteiger charge is 2.26. The Morgan fingerprint density at radius 2 is 1.82 bits per heavy atom. The second-order valence-corrected chi connectivity index (χ2v) is 7.37. The molecule has 0 unspecified atom stereocenters. The Morgan fingerprint density at radius 1 is 1.15 bits per heavy atom. The first kappa shape index (κ1) is 23.6. The number of hydrogen-bond acceptors (Lipinski definition) is 5. The molecule has 3 rings (SSSR count). The summed E-state index contributed by atoms with van der Waals surface area (Å²) in [7, 11) is 4.96. The molecule has 0 heterocycles. The van der Waals surface area contributed by atoms with Crippen LogP contribution in [-0.4, -0.2) is 33.0 Å². The first-order valence-electron chi connectivity index (χ1n) is 10.2. The zero-order valence-electron chi connectivity index (χ0n) is 19.0. The standard InChI is InChI=1S/C25H27FN4O3/c1-14-18(9-15-10-21(32-3)25(29-2)22(11-15)33-4)17-6-5-16(26)12-20(17)19(14)13-24(31)30-23(28)7-8-27/h5-12,29H,13,27H2,1-4H3,(H2,28,30,31)/b8-7-,18-9-. The fraction of sp³-hybridized carbons (Fsp3) is 0.200. The van der Waals surface area contributed by atoms with Crippen LogP contribution in [0.3, 0.4) is 0 Å². The van der Waals surface area contributed by atoms with Crippen molar-refractivity contribution in [3.8, 4) is 11.5 Å². The van der Waals surface area contributed by atoms with Crippen molar-refractivity contribution in [1.82, 2.24) is 0 Å². The quantitative estimate of drug-likeness (QED) is 0.435. The molecule has 0 spiro atoms.